The fourth-order valence-corrected chi connectivity index (χ4v) is 3.28. The van der Waals surface area contributed by atoms with Crippen molar-refractivity contribution >= 4 is 14.3 Å². The van der Waals surface area contributed by atoms with Gasteiger partial charge in [-0.1, -0.05) is 20.8 Å². The van der Waals surface area contributed by atoms with Crippen molar-refractivity contribution in [3.05, 3.63) is 0 Å². The first-order chi connectivity index (χ1) is 8.58. The molecule has 1 unspecified atom stereocenters. The highest BCUT2D eigenvalue weighted by Gasteiger charge is 2.44. The van der Waals surface area contributed by atoms with Crippen molar-refractivity contribution in [1.29, 1.82) is 0 Å². The number of methoxy groups -OCH3 is 1. The highest BCUT2D eigenvalue weighted by molar-refractivity contribution is 6.74. The summed E-state index contributed by atoms with van der Waals surface area (Å²) in [7, 11) is -0.238. The number of rotatable bonds is 5. The Kier molecular flexibility index (Phi) is 5.20. The van der Waals surface area contributed by atoms with Crippen LogP contribution in [0.4, 0.5) is 0 Å². The molecular formula is C14H28O4Si. The number of hydrogen-bond donors (Lipinski definition) is 0. The first kappa shape index (κ1) is 16.7. The largest absolute Gasteiger partial charge is 0.460 e. The van der Waals surface area contributed by atoms with Crippen LogP contribution >= 0.6 is 0 Å². The molecule has 0 saturated carbocycles. The fraction of sp³-hybridized carbons (Fsp3) is 0.929. The summed E-state index contributed by atoms with van der Waals surface area (Å²) in [5.41, 5.74) is 0. The second-order valence-electron chi connectivity index (χ2n) is 6.85. The average molecular weight is 288 g/mol. The molecule has 112 valence electrons. The van der Waals surface area contributed by atoms with E-state index in [1.54, 1.807) is 7.11 Å². The maximum atomic E-state index is 11.3. The summed E-state index contributed by atoms with van der Waals surface area (Å²) in [6, 6.07) is 0. The number of carbonyl (C=O) groups is 1. The third-order valence-corrected chi connectivity index (χ3v) is 8.83. The number of carbonyl (C=O) groups excluding carboxylic acids is 1. The number of ether oxygens (including phenoxy) is 2. The van der Waals surface area contributed by atoms with Crippen LogP contribution in [0.2, 0.25) is 18.1 Å². The second-order valence-corrected chi connectivity index (χ2v) is 11.6. The molecule has 0 spiro atoms. The molecule has 0 radical (unpaired) electrons. The summed E-state index contributed by atoms with van der Waals surface area (Å²) in [6.45, 7) is 13.0. The molecule has 0 aromatic rings. The van der Waals surface area contributed by atoms with Crippen LogP contribution in [-0.2, 0) is 18.7 Å². The van der Waals surface area contributed by atoms with E-state index in [0.717, 1.165) is 6.42 Å². The standard InChI is InChI=1S/C14H28O4Si/c1-10(16-5)13(11-8-9-12(15)17-11)18-19(6,7)14(2,3)4/h10-11,13H,8-9H2,1-7H3/t10?,11-,13-/m1/s1. The SMILES string of the molecule is COC(C)[C@@H](O[Si](C)(C)C(C)(C)C)[C@H]1CCC(=O)O1. The Labute approximate surface area is 117 Å². The molecule has 3 atom stereocenters. The molecule has 0 N–H and O–H groups in total. The zero-order valence-electron chi connectivity index (χ0n) is 13.3. The molecule has 19 heavy (non-hydrogen) atoms. The lowest BCUT2D eigenvalue weighted by Gasteiger charge is -2.41. The summed E-state index contributed by atoms with van der Waals surface area (Å²) in [5, 5.41) is 0.126. The van der Waals surface area contributed by atoms with E-state index in [1.165, 1.54) is 0 Å². The van der Waals surface area contributed by atoms with E-state index in [9.17, 15) is 4.79 Å². The Morgan fingerprint density at radius 1 is 1.37 bits per heavy atom. The van der Waals surface area contributed by atoms with E-state index >= 15 is 0 Å². The molecule has 0 amide bonds. The molecular weight excluding hydrogens is 260 g/mol. The molecule has 1 fully saturated rings. The highest BCUT2D eigenvalue weighted by Crippen LogP contribution is 2.39. The van der Waals surface area contributed by atoms with Crippen LogP contribution in [0.3, 0.4) is 0 Å². The van der Waals surface area contributed by atoms with Crippen LogP contribution in [0.5, 0.6) is 0 Å². The van der Waals surface area contributed by atoms with Gasteiger partial charge in [-0.3, -0.25) is 4.79 Å². The molecule has 1 aliphatic rings. The summed E-state index contributed by atoms with van der Waals surface area (Å²) >= 11 is 0. The topological polar surface area (TPSA) is 44.8 Å². The third kappa shape index (κ3) is 4.03. The predicted octanol–water partition coefficient (Wildman–Crippen LogP) is 3.12. The van der Waals surface area contributed by atoms with Crippen LogP contribution in [0.1, 0.15) is 40.5 Å². The van der Waals surface area contributed by atoms with E-state index in [2.05, 4.69) is 33.9 Å². The second kappa shape index (κ2) is 5.93. The van der Waals surface area contributed by atoms with E-state index in [1.807, 2.05) is 6.92 Å². The van der Waals surface area contributed by atoms with Crippen LogP contribution < -0.4 is 0 Å². The molecule has 0 bridgehead atoms. The molecule has 4 nitrogen and oxygen atoms in total. The molecule has 0 aromatic carbocycles. The van der Waals surface area contributed by atoms with Gasteiger partial charge in [-0.2, -0.15) is 0 Å². The van der Waals surface area contributed by atoms with Crippen LogP contribution in [0, 0.1) is 0 Å². The van der Waals surface area contributed by atoms with Gasteiger partial charge in [0.25, 0.3) is 0 Å². The first-order valence-electron chi connectivity index (χ1n) is 6.98. The van der Waals surface area contributed by atoms with Crippen molar-refractivity contribution in [2.24, 2.45) is 0 Å². The van der Waals surface area contributed by atoms with Gasteiger partial charge >= 0.3 is 5.97 Å². The monoisotopic (exact) mass is 288 g/mol. The molecule has 5 heteroatoms. The highest BCUT2D eigenvalue weighted by atomic mass is 28.4. The molecule has 0 aliphatic carbocycles. The lowest BCUT2D eigenvalue weighted by Crippen LogP contribution is -2.51. The molecule has 1 saturated heterocycles. The predicted molar refractivity (Wildman–Crippen MR) is 77.7 cm³/mol. The zero-order valence-corrected chi connectivity index (χ0v) is 14.3. The Balaban J connectivity index is 2.84. The summed E-state index contributed by atoms with van der Waals surface area (Å²) in [5.74, 6) is -0.128. The number of esters is 1. The minimum Gasteiger partial charge on any atom is -0.460 e. The molecule has 0 aromatic heterocycles. The fourth-order valence-electron chi connectivity index (χ4n) is 1.90. The Bertz CT molecular complexity index is 322. The number of hydrogen-bond acceptors (Lipinski definition) is 4. The quantitative estimate of drug-likeness (QED) is 0.576. The third-order valence-electron chi connectivity index (χ3n) is 4.35. The summed E-state index contributed by atoms with van der Waals surface area (Å²) in [6.07, 6.45) is 0.795. The van der Waals surface area contributed by atoms with E-state index in [4.69, 9.17) is 13.9 Å². The van der Waals surface area contributed by atoms with Crippen LogP contribution in [0.15, 0.2) is 0 Å². The van der Waals surface area contributed by atoms with Crippen molar-refractivity contribution in [3.63, 3.8) is 0 Å². The van der Waals surface area contributed by atoms with Gasteiger partial charge in [0.1, 0.15) is 12.2 Å². The van der Waals surface area contributed by atoms with Gasteiger partial charge in [0, 0.05) is 13.5 Å². The average Bonchev–Trinajstić information content (AvgIpc) is 2.70. The van der Waals surface area contributed by atoms with Crippen molar-refractivity contribution in [2.45, 2.75) is 77.0 Å². The van der Waals surface area contributed by atoms with Gasteiger partial charge in [-0.15, -0.1) is 0 Å². The smallest absolute Gasteiger partial charge is 0.306 e. The lowest BCUT2D eigenvalue weighted by molar-refractivity contribution is -0.148. The van der Waals surface area contributed by atoms with Gasteiger partial charge in [-0.25, -0.2) is 0 Å². The lowest BCUT2D eigenvalue weighted by atomic mass is 10.1. The van der Waals surface area contributed by atoms with Gasteiger partial charge in [0.15, 0.2) is 8.32 Å². The van der Waals surface area contributed by atoms with E-state index in [0.29, 0.717) is 6.42 Å². The maximum Gasteiger partial charge on any atom is 0.306 e. The minimum absolute atomic E-state index is 0.0787. The van der Waals surface area contributed by atoms with E-state index in [-0.39, 0.29) is 29.3 Å². The number of cyclic esters (lactones) is 1. The van der Waals surface area contributed by atoms with Gasteiger partial charge in [0.2, 0.25) is 0 Å². The van der Waals surface area contributed by atoms with Crippen molar-refractivity contribution in [1.82, 2.24) is 0 Å². The zero-order chi connectivity index (χ0) is 14.8. The van der Waals surface area contributed by atoms with Crippen LogP contribution in [-0.4, -0.2) is 39.7 Å². The van der Waals surface area contributed by atoms with Crippen molar-refractivity contribution in [3.8, 4) is 0 Å². The first-order valence-corrected chi connectivity index (χ1v) is 9.89. The van der Waals surface area contributed by atoms with Gasteiger partial charge in [-0.05, 0) is 31.5 Å². The Morgan fingerprint density at radius 3 is 2.32 bits per heavy atom. The molecule has 1 heterocycles. The molecule has 1 rings (SSSR count). The minimum atomic E-state index is -1.91. The normalized spacial score (nSPS) is 24.2. The Morgan fingerprint density at radius 2 is 1.95 bits per heavy atom. The maximum absolute atomic E-state index is 11.3. The van der Waals surface area contributed by atoms with Crippen molar-refractivity contribution in [2.75, 3.05) is 7.11 Å². The van der Waals surface area contributed by atoms with E-state index < -0.39 is 8.32 Å². The summed E-state index contributed by atoms with van der Waals surface area (Å²) < 4.78 is 17.2. The molecule has 1 aliphatic heterocycles. The van der Waals surface area contributed by atoms with Gasteiger partial charge in [0.05, 0.1) is 6.10 Å². The van der Waals surface area contributed by atoms with Crippen LogP contribution in [0.25, 0.3) is 0 Å². The summed E-state index contributed by atoms with van der Waals surface area (Å²) in [4.78, 5) is 11.3. The van der Waals surface area contributed by atoms with Crippen molar-refractivity contribution < 1.29 is 18.7 Å². The Hall–Kier alpha value is -0.393. The van der Waals surface area contributed by atoms with Gasteiger partial charge < -0.3 is 13.9 Å².